The molecule has 62 heavy (non-hydrogen) atoms. The lowest BCUT2D eigenvalue weighted by Crippen LogP contribution is -2.46. The number of anilines is 3. The minimum Gasteiger partial charge on any atom is -0.376 e. The summed E-state index contributed by atoms with van der Waals surface area (Å²) in [6, 6.07) is 37.1. The number of benzene rings is 5. The van der Waals surface area contributed by atoms with Crippen molar-refractivity contribution >= 4 is 67.2 Å². The van der Waals surface area contributed by atoms with Gasteiger partial charge >= 0.3 is 0 Å². The lowest BCUT2D eigenvalue weighted by molar-refractivity contribution is -0.384. The first-order chi connectivity index (χ1) is 30.0. The average Bonchev–Trinajstić information content (AvgIpc) is 3.61. The first-order valence-corrected chi connectivity index (χ1v) is 23.9. The summed E-state index contributed by atoms with van der Waals surface area (Å²) in [6.45, 7) is 9.54. The highest BCUT2D eigenvalue weighted by Gasteiger charge is 2.29. The Bertz CT molecular complexity index is 2600. The minimum atomic E-state index is -4.28. The van der Waals surface area contributed by atoms with E-state index in [1.807, 2.05) is 48.5 Å². The first kappa shape index (κ1) is 43.4. The predicted molar refractivity (Wildman–Crippen MR) is 252 cm³/mol. The largest absolute Gasteiger partial charge is 0.376 e. The van der Waals surface area contributed by atoms with Crippen molar-refractivity contribution in [1.29, 1.82) is 0 Å². The molecule has 2 aliphatic rings. The van der Waals surface area contributed by atoms with Gasteiger partial charge in [0.2, 0.25) is 0 Å². The molecule has 322 valence electrons. The van der Waals surface area contributed by atoms with Crippen LogP contribution in [0, 0.1) is 10.1 Å². The molecule has 6 aromatic rings. The van der Waals surface area contributed by atoms with Gasteiger partial charge in [0.25, 0.3) is 15.7 Å². The number of halogens is 1. The molecule has 0 bridgehead atoms. The Morgan fingerprint density at radius 1 is 0.871 bits per heavy atom. The molecule has 15 heteroatoms. The van der Waals surface area contributed by atoms with E-state index in [1.165, 1.54) is 29.6 Å². The zero-order valence-electron chi connectivity index (χ0n) is 34.9. The fourth-order valence-electron chi connectivity index (χ4n) is 8.56. The molecule has 8 rings (SSSR count). The third kappa shape index (κ3) is 10.3. The second-order valence-electron chi connectivity index (χ2n) is 16.2. The van der Waals surface area contributed by atoms with E-state index >= 15 is 0 Å². The minimum absolute atomic E-state index is 0.0962. The number of nitrogens with one attached hydrogen (secondary N) is 2. The predicted octanol–water partition coefficient (Wildman–Crippen LogP) is 9.82. The maximum atomic E-state index is 13.9. The summed E-state index contributed by atoms with van der Waals surface area (Å²) in [5.74, 6) is 0.776. The number of aromatic nitrogens is 2. The van der Waals surface area contributed by atoms with E-state index in [2.05, 4.69) is 97.1 Å². The van der Waals surface area contributed by atoms with Crippen molar-refractivity contribution in [2.45, 2.75) is 67.6 Å². The number of thioether (sulfide) groups is 1. The first-order valence-electron chi connectivity index (χ1n) is 21.1. The monoisotopic (exact) mass is 890 g/mol. The number of hydrogen-bond donors (Lipinski definition) is 2. The van der Waals surface area contributed by atoms with Crippen LogP contribution >= 0.6 is 23.4 Å². The highest BCUT2D eigenvalue weighted by atomic mass is 35.5. The lowest BCUT2D eigenvalue weighted by atomic mass is 9.99. The Hall–Kier alpha value is -5.25. The normalized spacial score (nSPS) is 17.9. The van der Waals surface area contributed by atoms with Crippen LogP contribution < -0.4 is 14.9 Å². The number of sulfonamides is 1. The molecular weight excluding hydrogens is 840 g/mol. The summed E-state index contributed by atoms with van der Waals surface area (Å²) in [7, 11) is -4.28. The van der Waals surface area contributed by atoms with Gasteiger partial charge in [-0.1, -0.05) is 66.2 Å². The molecular formula is C47H51ClN8O4S2. The van der Waals surface area contributed by atoms with Crippen molar-refractivity contribution in [3.63, 3.8) is 0 Å². The molecule has 2 fully saturated rings. The third-order valence-electron chi connectivity index (χ3n) is 12.1. The zero-order chi connectivity index (χ0) is 43.2. The van der Waals surface area contributed by atoms with Gasteiger partial charge in [0.05, 0.1) is 15.3 Å². The third-order valence-corrected chi connectivity index (χ3v) is 14.8. The van der Waals surface area contributed by atoms with Crippen LogP contribution in [0.5, 0.6) is 0 Å². The quantitative estimate of drug-likeness (QED) is 0.0546. The standard InChI is InChI=1S/C47H51ClN8O4S2/c1-33-12-13-34(2)55(33)23-22-38(31-61-40-9-4-3-5-10-40)51-44-21-19-41(29-46(44)56(57)58)62(59,60)52-47-43-20-18-39(28-45(43)49-32-50-47)54-26-24-53(25-27-54)30-36-8-6-7-11-42(36)35-14-16-37(48)17-15-35/h3-11,14-21,28-29,32-34,38,51H,12-13,22-27,30-31H2,1-2H3,(H,49,50,52)/t33?,34?,38-/m1/s1. The molecule has 0 amide bonds. The Kier molecular flexibility index (Phi) is 13.6. The van der Waals surface area contributed by atoms with Gasteiger partial charge in [-0.25, -0.2) is 18.4 Å². The summed E-state index contributed by atoms with van der Waals surface area (Å²) >= 11 is 7.84. The van der Waals surface area contributed by atoms with Crippen LogP contribution in [0.1, 0.15) is 38.7 Å². The zero-order valence-corrected chi connectivity index (χ0v) is 37.2. The SMILES string of the molecule is CC1CCC(C)N1CC[C@H](CSc1ccccc1)Nc1ccc(S(=O)(=O)Nc2ncnc3cc(N4CCN(Cc5ccccc5-c5ccc(Cl)cc5)CC4)ccc23)cc1[N+](=O)[O-]. The van der Waals surface area contributed by atoms with E-state index in [4.69, 9.17) is 11.6 Å². The topological polar surface area (TPSA) is 137 Å². The summed E-state index contributed by atoms with van der Waals surface area (Å²) < 4.78 is 30.3. The second kappa shape index (κ2) is 19.4. The van der Waals surface area contributed by atoms with Gasteiger partial charge in [-0.05, 0) is 104 Å². The molecule has 1 aromatic heterocycles. The van der Waals surface area contributed by atoms with Crippen LogP contribution in [-0.4, -0.2) is 89.7 Å². The van der Waals surface area contributed by atoms with Crippen molar-refractivity contribution in [3.8, 4) is 11.1 Å². The number of nitro groups is 1. The van der Waals surface area contributed by atoms with E-state index < -0.39 is 14.9 Å². The van der Waals surface area contributed by atoms with Crippen LogP contribution in [-0.2, 0) is 16.6 Å². The number of likely N-dealkylation sites (tertiary alicyclic amines) is 1. The Morgan fingerprint density at radius 2 is 1.60 bits per heavy atom. The highest BCUT2D eigenvalue weighted by molar-refractivity contribution is 7.99. The van der Waals surface area contributed by atoms with Gasteiger partial charge in [-0.15, -0.1) is 11.8 Å². The Balaban J connectivity index is 0.940. The molecule has 2 saturated heterocycles. The van der Waals surface area contributed by atoms with Crippen molar-refractivity contribution in [2.24, 2.45) is 0 Å². The molecule has 2 aliphatic heterocycles. The summed E-state index contributed by atoms with van der Waals surface area (Å²) in [6.07, 6.45) is 4.40. The molecule has 2 unspecified atom stereocenters. The second-order valence-corrected chi connectivity index (χ2v) is 19.4. The van der Waals surface area contributed by atoms with Gasteiger partial charge in [0.15, 0.2) is 5.82 Å². The van der Waals surface area contributed by atoms with Gasteiger partial charge in [-0.3, -0.25) is 24.6 Å². The van der Waals surface area contributed by atoms with E-state index in [9.17, 15) is 18.5 Å². The van der Waals surface area contributed by atoms with Crippen molar-refractivity contribution in [2.75, 3.05) is 53.4 Å². The van der Waals surface area contributed by atoms with Crippen LogP contribution in [0.2, 0.25) is 5.02 Å². The molecule has 0 radical (unpaired) electrons. The van der Waals surface area contributed by atoms with Crippen molar-refractivity contribution in [1.82, 2.24) is 19.8 Å². The van der Waals surface area contributed by atoms with Crippen molar-refractivity contribution in [3.05, 3.63) is 142 Å². The number of rotatable bonds is 16. The maximum Gasteiger partial charge on any atom is 0.293 e. The van der Waals surface area contributed by atoms with Crippen LogP contribution in [0.15, 0.2) is 131 Å². The molecule has 0 spiro atoms. The summed E-state index contributed by atoms with van der Waals surface area (Å²) in [4.78, 5) is 28.9. The fraction of sp³-hybridized carbons (Fsp3) is 0.319. The molecule has 2 N–H and O–H groups in total. The molecule has 0 saturated carbocycles. The van der Waals surface area contributed by atoms with Gasteiger partial charge in [0.1, 0.15) is 12.0 Å². The fourth-order valence-corrected chi connectivity index (χ4v) is 10.7. The van der Waals surface area contributed by atoms with E-state index in [0.717, 1.165) is 80.7 Å². The van der Waals surface area contributed by atoms with Crippen LogP contribution in [0.25, 0.3) is 22.0 Å². The average molecular weight is 892 g/mol. The molecule has 5 aromatic carbocycles. The molecule has 0 aliphatic carbocycles. The highest BCUT2D eigenvalue weighted by Crippen LogP contribution is 2.33. The summed E-state index contributed by atoms with van der Waals surface area (Å²) in [5.41, 5.74) is 5.13. The molecule has 3 heterocycles. The molecule has 3 atom stereocenters. The smallest absolute Gasteiger partial charge is 0.293 e. The van der Waals surface area contributed by atoms with E-state index in [-0.39, 0.29) is 28.1 Å². The van der Waals surface area contributed by atoms with E-state index in [1.54, 1.807) is 11.8 Å². The van der Waals surface area contributed by atoms with Gasteiger partial charge < -0.3 is 10.2 Å². The Morgan fingerprint density at radius 3 is 2.34 bits per heavy atom. The molecule has 12 nitrogen and oxygen atoms in total. The number of piperazine rings is 1. The van der Waals surface area contributed by atoms with Crippen LogP contribution in [0.4, 0.5) is 22.9 Å². The van der Waals surface area contributed by atoms with Crippen molar-refractivity contribution < 1.29 is 13.3 Å². The van der Waals surface area contributed by atoms with Gasteiger partial charge in [-0.2, -0.15) is 0 Å². The van der Waals surface area contributed by atoms with Crippen LogP contribution in [0.3, 0.4) is 0 Å². The Labute approximate surface area is 372 Å². The number of nitro benzene ring substituents is 1. The number of fused-ring (bicyclic) bond motifs is 1. The maximum absolute atomic E-state index is 13.9. The van der Waals surface area contributed by atoms with Gasteiger partial charge in [0, 0.05) is 90.2 Å². The lowest BCUT2D eigenvalue weighted by Gasteiger charge is -2.36. The number of hydrogen-bond acceptors (Lipinski definition) is 11. The van der Waals surface area contributed by atoms with E-state index in [0.29, 0.717) is 33.8 Å². The number of nitrogens with zero attached hydrogens (tertiary/aromatic N) is 6. The summed E-state index contributed by atoms with van der Waals surface area (Å²) in [5, 5.41) is 17.2.